The van der Waals surface area contributed by atoms with Gasteiger partial charge in [-0.3, -0.25) is 4.79 Å². The summed E-state index contributed by atoms with van der Waals surface area (Å²) < 4.78 is 5.70. The summed E-state index contributed by atoms with van der Waals surface area (Å²) in [6, 6.07) is 8.51. The van der Waals surface area contributed by atoms with Crippen molar-refractivity contribution >= 4 is 11.9 Å². The molecule has 3 rings (SSSR count). The Kier molecular flexibility index (Phi) is 8.20. The van der Waals surface area contributed by atoms with E-state index in [1.54, 1.807) is 0 Å². The number of carbonyl (C=O) groups excluding carboxylic acids is 2. The van der Waals surface area contributed by atoms with Crippen molar-refractivity contribution in [3.63, 3.8) is 0 Å². The lowest BCUT2D eigenvalue weighted by Gasteiger charge is -2.34. The van der Waals surface area contributed by atoms with Gasteiger partial charge in [0.2, 0.25) is 5.91 Å². The van der Waals surface area contributed by atoms with Gasteiger partial charge in [0.05, 0.1) is 6.61 Å². The molecule has 1 aromatic carbocycles. The normalized spacial score (nSPS) is 18.3. The third-order valence-electron chi connectivity index (χ3n) is 5.89. The molecule has 2 aliphatic rings. The Bertz CT molecular complexity index is 665. The summed E-state index contributed by atoms with van der Waals surface area (Å²) in [6.45, 7) is 3.99. The highest BCUT2D eigenvalue weighted by molar-refractivity contribution is 5.76. The number of nitrogens with zero attached hydrogens (tertiary/aromatic N) is 1. The number of hydrogen-bond donors (Lipinski definition) is 2. The highest BCUT2D eigenvalue weighted by atomic mass is 16.5. The molecule has 1 aliphatic heterocycles. The molecule has 1 heterocycles. The molecule has 0 radical (unpaired) electrons. The van der Waals surface area contributed by atoms with Crippen LogP contribution >= 0.6 is 0 Å². The standard InChI is InChI=1S/C23H35N3O3/c1-18-7-5-10-21(17-18)29-16-6-11-22(27)24-20-12-14-26(15-13-20)23(28)25-19-8-3-2-4-9-19/h5,7,10,17,19-20H,2-4,6,8-9,11-16H2,1H3,(H,24,27)(H,25,28). The molecule has 0 bridgehead atoms. The van der Waals surface area contributed by atoms with Crippen molar-refractivity contribution in [3.8, 4) is 5.75 Å². The van der Waals surface area contributed by atoms with Crippen molar-refractivity contribution in [1.82, 2.24) is 15.5 Å². The van der Waals surface area contributed by atoms with E-state index in [9.17, 15) is 9.59 Å². The maximum Gasteiger partial charge on any atom is 0.317 e. The van der Waals surface area contributed by atoms with Gasteiger partial charge >= 0.3 is 6.03 Å². The van der Waals surface area contributed by atoms with Gasteiger partial charge in [0, 0.05) is 31.6 Å². The summed E-state index contributed by atoms with van der Waals surface area (Å²) in [5, 5.41) is 6.30. The predicted molar refractivity (Wildman–Crippen MR) is 114 cm³/mol. The number of piperidine rings is 1. The molecular weight excluding hydrogens is 366 g/mol. The Balaban J connectivity index is 1.27. The summed E-state index contributed by atoms with van der Waals surface area (Å²) in [7, 11) is 0. The Labute approximate surface area is 174 Å². The maximum atomic E-state index is 12.4. The SMILES string of the molecule is Cc1cccc(OCCCC(=O)NC2CCN(C(=O)NC3CCCCC3)CC2)c1. The van der Waals surface area contributed by atoms with Crippen molar-refractivity contribution in [2.75, 3.05) is 19.7 Å². The lowest BCUT2D eigenvalue weighted by atomic mass is 9.95. The van der Waals surface area contributed by atoms with Crippen LogP contribution < -0.4 is 15.4 Å². The molecule has 2 fully saturated rings. The number of hydrogen-bond acceptors (Lipinski definition) is 3. The van der Waals surface area contributed by atoms with Crippen molar-refractivity contribution in [2.24, 2.45) is 0 Å². The first-order valence-corrected chi connectivity index (χ1v) is 11.1. The molecule has 2 N–H and O–H groups in total. The minimum Gasteiger partial charge on any atom is -0.494 e. The first kappa shape index (κ1) is 21.5. The van der Waals surface area contributed by atoms with Crippen LogP contribution in [-0.4, -0.2) is 48.6 Å². The lowest BCUT2D eigenvalue weighted by molar-refractivity contribution is -0.122. The molecule has 1 aliphatic carbocycles. The van der Waals surface area contributed by atoms with Gasteiger partial charge in [-0.2, -0.15) is 0 Å². The number of benzene rings is 1. The monoisotopic (exact) mass is 401 g/mol. The third-order valence-corrected chi connectivity index (χ3v) is 5.89. The van der Waals surface area contributed by atoms with E-state index in [0.29, 0.717) is 38.6 Å². The van der Waals surface area contributed by atoms with Gasteiger partial charge in [0.15, 0.2) is 0 Å². The molecule has 0 atom stereocenters. The van der Waals surface area contributed by atoms with Crippen molar-refractivity contribution in [1.29, 1.82) is 0 Å². The highest BCUT2D eigenvalue weighted by Gasteiger charge is 2.25. The largest absolute Gasteiger partial charge is 0.494 e. The van der Waals surface area contributed by atoms with E-state index in [0.717, 1.165) is 31.4 Å². The zero-order chi connectivity index (χ0) is 20.5. The van der Waals surface area contributed by atoms with Gasteiger partial charge in [-0.25, -0.2) is 4.79 Å². The number of urea groups is 1. The number of aryl methyl sites for hydroxylation is 1. The number of ether oxygens (including phenoxy) is 1. The van der Waals surface area contributed by atoms with Crippen LogP contribution in [0.1, 0.15) is 63.4 Å². The van der Waals surface area contributed by atoms with Gasteiger partial charge in [0.25, 0.3) is 0 Å². The molecule has 0 aromatic heterocycles. The Hall–Kier alpha value is -2.24. The summed E-state index contributed by atoms with van der Waals surface area (Å²) in [6.07, 6.45) is 8.74. The van der Waals surface area contributed by atoms with E-state index in [-0.39, 0.29) is 18.0 Å². The van der Waals surface area contributed by atoms with Crippen LogP contribution in [0.15, 0.2) is 24.3 Å². The van der Waals surface area contributed by atoms with E-state index in [2.05, 4.69) is 10.6 Å². The Morgan fingerprint density at radius 2 is 1.76 bits per heavy atom. The van der Waals surface area contributed by atoms with E-state index in [1.807, 2.05) is 36.1 Å². The molecule has 0 spiro atoms. The molecule has 1 aromatic rings. The Morgan fingerprint density at radius 1 is 1.03 bits per heavy atom. The van der Waals surface area contributed by atoms with Crippen LogP contribution in [0.5, 0.6) is 5.75 Å². The highest BCUT2D eigenvalue weighted by Crippen LogP contribution is 2.18. The quantitative estimate of drug-likeness (QED) is 0.683. The summed E-state index contributed by atoms with van der Waals surface area (Å²) >= 11 is 0. The topological polar surface area (TPSA) is 70.7 Å². The van der Waals surface area contributed by atoms with Crippen molar-refractivity contribution < 1.29 is 14.3 Å². The first-order chi connectivity index (χ1) is 14.1. The average Bonchev–Trinajstić information content (AvgIpc) is 2.72. The number of nitrogens with one attached hydrogen (secondary N) is 2. The minimum atomic E-state index is 0.0648. The molecule has 160 valence electrons. The second-order valence-electron chi connectivity index (χ2n) is 8.38. The van der Waals surface area contributed by atoms with Crippen LogP contribution in [-0.2, 0) is 4.79 Å². The first-order valence-electron chi connectivity index (χ1n) is 11.1. The molecule has 6 heteroatoms. The van der Waals surface area contributed by atoms with Crippen LogP contribution in [0, 0.1) is 6.92 Å². The average molecular weight is 402 g/mol. The van der Waals surface area contributed by atoms with Gasteiger partial charge in [-0.05, 0) is 56.7 Å². The molecular formula is C23H35N3O3. The summed E-state index contributed by atoms with van der Waals surface area (Å²) in [5.74, 6) is 0.923. The van der Waals surface area contributed by atoms with Crippen LogP contribution in [0.25, 0.3) is 0 Å². The second kappa shape index (κ2) is 11.1. The van der Waals surface area contributed by atoms with Crippen molar-refractivity contribution in [2.45, 2.75) is 76.8 Å². The summed E-state index contributed by atoms with van der Waals surface area (Å²) in [5.41, 5.74) is 1.17. The molecule has 6 nitrogen and oxygen atoms in total. The molecule has 0 unspecified atom stereocenters. The zero-order valence-corrected chi connectivity index (χ0v) is 17.6. The number of carbonyl (C=O) groups is 2. The van der Waals surface area contributed by atoms with Gasteiger partial charge in [-0.1, -0.05) is 31.4 Å². The van der Waals surface area contributed by atoms with Crippen LogP contribution in [0.2, 0.25) is 0 Å². The van der Waals surface area contributed by atoms with Gasteiger partial charge in [0.1, 0.15) is 5.75 Å². The molecule has 1 saturated heterocycles. The molecule has 29 heavy (non-hydrogen) atoms. The fraction of sp³-hybridized carbons (Fsp3) is 0.652. The van der Waals surface area contributed by atoms with E-state index >= 15 is 0 Å². The second-order valence-corrected chi connectivity index (χ2v) is 8.38. The fourth-order valence-corrected chi connectivity index (χ4v) is 4.17. The van der Waals surface area contributed by atoms with Crippen LogP contribution in [0.3, 0.4) is 0 Å². The maximum absolute atomic E-state index is 12.4. The number of amides is 3. The van der Waals surface area contributed by atoms with Crippen molar-refractivity contribution in [3.05, 3.63) is 29.8 Å². The number of likely N-dealkylation sites (tertiary alicyclic amines) is 1. The molecule has 3 amide bonds. The smallest absolute Gasteiger partial charge is 0.317 e. The van der Waals surface area contributed by atoms with E-state index in [4.69, 9.17) is 4.74 Å². The lowest BCUT2D eigenvalue weighted by Crippen LogP contribution is -2.51. The third kappa shape index (κ3) is 7.26. The van der Waals surface area contributed by atoms with E-state index in [1.165, 1.54) is 24.8 Å². The number of rotatable bonds is 7. The minimum absolute atomic E-state index is 0.0648. The summed E-state index contributed by atoms with van der Waals surface area (Å²) in [4.78, 5) is 26.5. The predicted octanol–water partition coefficient (Wildman–Crippen LogP) is 3.78. The molecule has 1 saturated carbocycles. The zero-order valence-electron chi connectivity index (χ0n) is 17.6. The van der Waals surface area contributed by atoms with E-state index < -0.39 is 0 Å². The van der Waals surface area contributed by atoms with Crippen LogP contribution in [0.4, 0.5) is 4.79 Å². The Morgan fingerprint density at radius 3 is 2.48 bits per heavy atom. The van der Waals surface area contributed by atoms with Gasteiger partial charge < -0.3 is 20.3 Å². The fourth-order valence-electron chi connectivity index (χ4n) is 4.17. The van der Waals surface area contributed by atoms with Gasteiger partial charge in [-0.15, -0.1) is 0 Å².